The van der Waals surface area contributed by atoms with Gasteiger partial charge in [0.2, 0.25) is 5.91 Å². The number of aliphatic hydroxyl groups excluding tert-OH is 1. The van der Waals surface area contributed by atoms with Crippen LogP contribution in [0.25, 0.3) is 11.0 Å². The summed E-state index contributed by atoms with van der Waals surface area (Å²) < 4.78 is 1.59. The van der Waals surface area contributed by atoms with Crippen LogP contribution in [0.15, 0.2) is 24.5 Å². The molecule has 2 aromatic heterocycles. The number of amides is 1. The number of aliphatic carboxylic acids is 1. The predicted octanol–water partition coefficient (Wildman–Crippen LogP) is 0.675. The first-order valence-electron chi connectivity index (χ1n) is 8.47. The number of piperidine rings is 1. The van der Waals surface area contributed by atoms with Crippen molar-refractivity contribution < 1.29 is 24.6 Å². The number of hydrogen-bond donors (Lipinski definition) is 2. The summed E-state index contributed by atoms with van der Waals surface area (Å²) in [6.07, 6.45) is 4.08. The molecule has 4 rings (SSSR count). The molecule has 2 N–H and O–H groups in total. The molecule has 26 heavy (non-hydrogen) atoms. The number of aromatic nitrogens is 2. The van der Waals surface area contributed by atoms with Gasteiger partial charge < -0.3 is 19.7 Å². The Morgan fingerprint density at radius 2 is 2.12 bits per heavy atom. The summed E-state index contributed by atoms with van der Waals surface area (Å²) in [5.41, 5.74) is 0.523. The Morgan fingerprint density at radius 1 is 1.35 bits per heavy atom. The topological polar surface area (TPSA) is 113 Å². The van der Waals surface area contributed by atoms with Crippen molar-refractivity contribution in [1.82, 2.24) is 14.5 Å². The quantitative estimate of drug-likeness (QED) is 0.761. The van der Waals surface area contributed by atoms with Gasteiger partial charge in [-0.1, -0.05) is 0 Å². The van der Waals surface area contributed by atoms with Crippen molar-refractivity contribution in [2.75, 3.05) is 6.61 Å². The lowest BCUT2D eigenvalue weighted by Crippen LogP contribution is -2.44. The standard InChI is InChI=1S/C18H19N3O5/c1-10(23)12-7-20(16-11(12)3-2-4-19-16)8-15(24)21-13(17(25)26)5-18(9-22)6-14(18)21/h2-4,7,13-14,22H,5-6,8-9H2,1H3,(H,25,26)/t13-,14+,18-/m0/s1. The van der Waals surface area contributed by atoms with E-state index in [1.54, 1.807) is 29.1 Å². The van der Waals surface area contributed by atoms with Gasteiger partial charge in [-0.25, -0.2) is 9.78 Å². The predicted molar refractivity (Wildman–Crippen MR) is 90.5 cm³/mol. The molecule has 0 aromatic carbocycles. The lowest BCUT2D eigenvalue weighted by Gasteiger charge is -2.24. The summed E-state index contributed by atoms with van der Waals surface area (Å²) in [5, 5.41) is 19.7. The molecule has 0 unspecified atom stereocenters. The van der Waals surface area contributed by atoms with Crippen molar-refractivity contribution in [2.24, 2.45) is 5.41 Å². The van der Waals surface area contributed by atoms with Gasteiger partial charge in [-0.2, -0.15) is 0 Å². The van der Waals surface area contributed by atoms with Crippen LogP contribution in [-0.4, -0.2) is 61.0 Å². The number of carboxylic acids is 1. The number of ketones is 1. The number of aliphatic hydroxyl groups is 1. The number of likely N-dealkylation sites (tertiary alicyclic amines) is 1. The third-order valence-electron chi connectivity index (χ3n) is 5.62. The van der Waals surface area contributed by atoms with E-state index in [4.69, 9.17) is 0 Å². The van der Waals surface area contributed by atoms with E-state index in [-0.39, 0.29) is 37.3 Å². The van der Waals surface area contributed by atoms with Gasteiger partial charge in [0.15, 0.2) is 5.78 Å². The van der Waals surface area contributed by atoms with Crippen LogP contribution in [0.5, 0.6) is 0 Å². The zero-order valence-electron chi connectivity index (χ0n) is 14.3. The summed E-state index contributed by atoms with van der Waals surface area (Å²) in [5.74, 6) is -1.52. The van der Waals surface area contributed by atoms with Crippen LogP contribution in [0.3, 0.4) is 0 Å². The molecule has 0 radical (unpaired) electrons. The smallest absolute Gasteiger partial charge is 0.326 e. The Balaban J connectivity index is 1.66. The number of nitrogens with zero attached hydrogens (tertiary/aromatic N) is 3. The molecule has 1 saturated heterocycles. The maximum Gasteiger partial charge on any atom is 0.326 e. The Kier molecular flexibility index (Phi) is 3.62. The van der Waals surface area contributed by atoms with Gasteiger partial charge >= 0.3 is 5.97 Å². The van der Waals surface area contributed by atoms with Crippen LogP contribution < -0.4 is 0 Å². The Hall–Kier alpha value is -2.74. The summed E-state index contributed by atoms with van der Waals surface area (Å²) in [6, 6.07) is 2.34. The molecule has 3 heterocycles. The van der Waals surface area contributed by atoms with E-state index in [2.05, 4.69) is 4.98 Å². The minimum absolute atomic E-state index is 0.0947. The van der Waals surface area contributed by atoms with Gasteiger partial charge in [0, 0.05) is 34.8 Å². The normalized spacial score (nSPS) is 26.8. The fraction of sp³-hybridized carbons (Fsp3) is 0.444. The molecule has 136 valence electrons. The molecule has 8 nitrogen and oxygen atoms in total. The molecule has 0 bridgehead atoms. The van der Waals surface area contributed by atoms with Gasteiger partial charge in [0.05, 0.1) is 6.61 Å². The van der Waals surface area contributed by atoms with Crippen molar-refractivity contribution >= 4 is 28.7 Å². The molecule has 1 saturated carbocycles. The summed E-state index contributed by atoms with van der Waals surface area (Å²) in [7, 11) is 0. The summed E-state index contributed by atoms with van der Waals surface area (Å²) in [6.45, 7) is 1.24. The molecule has 8 heteroatoms. The number of fused-ring (bicyclic) bond motifs is 2. The van der Waals surface area contributed by atoms with E-state index >= 15 is 0 Å². The zero-order chi connectivity index (χ0) is 18.6. The van der Waals surface area contributed by atoms with E-state index in [0.717, 1.165) is 0 Å². The molecule has 3 atom stereocenters. The van der Waals surface area contributed by atoms with Crippen LogP contribution in [0.2, 0.25) is 0 Å². The van der Waals surface area contributed by atoms with Gasteiger partial charge in [-0.05, 0) is 31.9 Å². The third-order valence-corrected chi connectivity index (χ3v) is 5.62. The average molecular weight is 357 g/mol. The lowest BCUT2D eigenvalue weighted by atomic mass is 10.0. The van der Waals surface area contributed by atoms with Gasteiger partial charge in [-0.15, -0.1) is 0 Å². The highest BCUT2D eigenvalue weighted by Crippen LogP contribution is 2.59. The highest BCUT2D eigenvalue weighted by molar-refractivity contribution is 6.06. The zero-order valence-corrected chi connectivity index (χ0v) is 14.3. The number of pyridine rings is 1. The molecule has 2 aromatic rings. The maximum absolute atomic E-state index is 12.9. The first-order valence-corrected chi connectivity index (χ1v) is 8.47. The lowest BCUT2D eigenvalue weighted by molar-refractivity contribution is -0.149. The second kappa shape index (κ2) is 5.63. The molecule has 2 fully saturated rings. The third kappa shape index (κ3) is 2.33. The number of Topliss-reactive ketones (excluding diaryl/α,β-unsaturated/α-hetero) is 1. The van der Waals surface area contributed by atoms with Crippen molar-refractivity contribution in [1.29, 1.82) is 0 Å². The average Bonchev–Trinajstić information content (AvgIpc) is 3.04. The van der Waals surface area contributed by atoms with Gasteiger partial charge in [0.25, 0.3) is 0 Å². The van der Waals surface area contributed by atoms with E-state index in [1.807, 2.05) is 0 Å². The second-order valence-electron chi connectivity index (χ2n) is 7.20. The van der Waals surface area contributed by atoms with E-state index in [0.29, 0.717) is 23.0 Å². The summed E-state index contributed by atoms with van der Waals surface area (Å²) >= 11 is 0. The molecular weight excluding hydrogens is 338 g/mol. The van der Waals surface area contributed by atoms with E-state index in [1.165, 1.54) is 11.8 Å². The van der Waals surface area contributed by atoms with Gasteiger partial charge in [-0.3, -0.25) is 9.59 Å². The fourth-order valence-corrected chi connectivity index (χ4v) is 4.18. The monoisotopic (exact) mass is 357 g/mol. The minimum atomic E-state index is -1.06. The molecule has 1 amide bonds. The van der Waals surface area contributed by atoms with E-state index < -0.39 is 17.4 Å². The molecule has 0 spiro atoms. The van der Waals surface area contributed by atoms with Crippen LogP contribution in [0.1, 0.15) is 30.1 Å². The number of carbonyl (C=O) groups is 3. The van der Waals surface area contributed by atoms with Crippen molar-refractivity contribution in [3.8, 4) is 0 Å². The first kappa shape index (κ1) is 16.7. The highest BCUT2D eigenvalue weighted by Gasteiger charge is 2.67. The largest absolute Gasteiger partial charge is 0.480 e. The Labute approximate surface area is 149 Å². The first-order chi connectivity index (χ1) is 12.4. The number of rotatable bonds is 5. The van der Waals surface area contributed by atoms with Crippen LogP contribution in [0, 0.1) is 5.41 Å². The number of hydrogen-bond acceptors (Lipinski definition) is 5. The van der Waals surface area contributed by atoms with Crippen LogP contribution in [0.4, 0.5) is 0 Å². The van der Waals surface area contributed by atoms with Gasteiger partial charge in [0.1, 0.15) is 18.2 Å². The van der Waals surface area contributed by atoms with Crippen LogP contribution in [-0.2, 0) is 16.1 Å². The van der Waals surface area contributed by atoms with Crippen LogP contribution >= 0.6 is 0 Å². The number of carbonyl (C=O) groups excluding carboxylic acids is 2. The molecule has 1 aliphatic carbocycles. The van der Waals surface area contributed by atoms with Crippen molar-refractivity contribution in [2.45, 2.75) is 38.4 Å². The molecule has 2 aliphatic rings. The Morgan fingerprint density at radius 3 is 2.77 bits per heavy atom. The fourth-order valence-electron chi connectivity index (χ4n) is 4.18. The maximum atomic E-state index is 12.9. The van der Waals surface area contributed by atoms with E-state index in [9.17, 15) is 24.6 Å². The molecule has 1 aliphatic heterocycles. The van der Waals surface area contributed by atoms with Crippen molar-refractivity contribution in [3.05, 3.63) is 30.1 Å². The minimum Gasteiger partial charge on any atom is -0.480 e. The number of carboxylic acid groups (broad SMARTS) is 1. The highest BCUT2D eigenvalue weighted by atomic mass is 16.4. The van der Waals surface area contributed by atoms with Crippen molar-refractivity contribution in [3.63, 3.8) is 0 Å². The summed E-state index contributed by atoms with van der Waals surface area (Å²) in [4.78, 5) is 42.0. The molecular formula is C18H19N3O5. The second-order valence-corrected chi connectivity index (χ2v) is 7.20. The SMILES string of the molecule is CC(=O)c1cn(CC(=O)N2[C@H](C(=O)O)C[C@@]3(CO)C[C@@H]23)c2ncccc12. The Bertz CT molecular complexity index is 936.